The standard InChI is InChI=1S/C21H19N3/c1-2-7-16-15(6-1)19-17-8-4-11-23-10-3-5-14(20(17)23)13-18(19)24-12-9-22-21(16)24/h1-2,6-7,9,12-13H,3-5,8,10-11H2. The van der Waals surface area contributed by atoms with E-state index in [2.05, 4.69) is 50.8 Å². The van der Waals surface area contributed by atoms with E-state index >= 15 is 0 Å². The summed E-state index contributed by atoms with van der Waals surface area (Å²) >= 11 is 0. The molecule has 0 unspecified atom stereocenters. The summed E-state index contributed by atoms with van der Waals surface area (Å²) in [7, 11) is 0. The van der Waals surface area contributed by atoms with Gasteiger partial charge in [0.2, 0.25) is 0 Å². The minimum atomic E-state index is 1.08. The minimum absolute atomic E-state index is 1.08. The summed E-state index contributed by atoms with van der Waals surface area (Å²) in [5.41, 5.74) is 7.06. The van der Waals surface area contributed by atoms with E-state index in [0.29, 0.717) is 0 Å². The third-order valence-electron chi connectivity index (χ3n) is 5.84. The SMILES string of the molecule is c1ccc2c(c1)c1c3c4c(cc1n1ccnc21)CCCN4CCC3. The molecule has 4 heterocycles. The van der Waals surface area contributed by atoms with Crippen LogP contribution >= 0.6 is 0 Å². The maximum atomic E-state index is 4.65. The maximum Gasteiger partial charge on any atom is 0.145 e. The Labute approximate surface area is 140 Å². The van der Waals surface area contributed by atoms with Gasteiger partial charge in [-0.25, -0.2) is 4.98 Å². The summed E-state index contributed by atoms with van der Waals surface area (Å²) in [5, 5.41) is 4.07. The van der Waals surface area contributed by atoms with Crippen molar-refractivity contribution in [3.8, 4) is 0 Å². The van der Waals surface area contributed by atoms with Crippen molar-refractivity contribution in [1.82, 2.24) is 9.38 Å². The van der Waals surface area contributed by atoms with Gasteiger partial charge in [0, 0.05) is 41.9 Å². The zero-order chi connectivity index (χ0) is 15.7. The molecular weight excluding hydrogens is 294 g/mol. The summed E-state index contributed by atoms with van der Waals surface area (Å²) in [6.07, 6.45) is 8.99. The largest absolute Gasteiger partial charge is 0.371 e. The first-order chi connectivity index (χ1) is 11.9. The summed E-state index contributed by atoms with van der Waals surface area (Å²) in [6, 6.07) is 11.2. The number of hydrogen-bond acceptors (Lipinski definition) is 2. The predicted molar refractivity (Wildman–Crippen MR) is 99.1 cm³/mol. The fraction of sp³-hybridized carbons (Fsp3) is 0.286. The third-order valence-corrected chi connectivity index (χ3v) is 5.84. The van der Waals surface area contributed by atoms with Crippen LogP contribution in [-0.4, -0.2) is 22.5 Å². The Morgan fingerprint density at radius 2 is 1.79 bits per heavy atom. The van der Waals surface area contributed by atoms with E-state index in [9.17, 15) is 0 Å². The number of fused-ring (bicyclic) bond motifs is 7. The van der Waals surface area contributed by atoms with Crippen molar-refractivity contribution in [2.75, 3.05) is 18.0 Å². The average Bonchev–Trinajstić information content (AvgIpc) is 3.12. The first-order valence-corrected chi connectivity index (χ1v) is 8.99. The Morgan fingerprint density at radius 1 is 0.958 bits per heavy atom. The monoisotopic (exact) mass is 313 g/mol. The lowest BCUT2D eigenvalue weighted by Gasteiger charge is -2.37. The van der Waals surface area contributed by atoms with Crippen molar-refractivity contribution in [2.24, 2.45) is 0 Å². The number of aryl methyl sites for hydroxylation is 2. The highest BCUT2D eigenvalue weighted by Crippen LogP contribution is 2.42. The van der Waals surface area contributed by atoms with E-state index in [1.54, 1.807) is 11.3 Å². The zero-order valence-corrected chi connectivity index (χ0v) is 13.6. The van der Waals surface area contributed by atoms with Crippen LogP contribution in [0.2, 0.25) is 0 Å². The smallest absolute Gasteiger partial charge is 0.145 e. The molecule has 0 saturated carbocycles. The Bertz CT molecular complexity index is 1120. The first-order valence-electron chi connectivity index (χ1n) is 8.99. The number of nitrogens with zero attached hydrogens (tertiary/aromatic N) is 3. The van der Waals surface area contributed by atoms with Gasteiger partial charge < -0.3 is 4.90 Å². The molecule has 4 aromatic rings. The van der Waals surface area contributed by atoms with E-state index < -0.39 is 0 Å². The molecule has 3 heteroatoms. The molecule has 2 aromatic heterocycles. The molecule has 24 heavy (non-hydrogen) atoms. The highest BCUT2D eigenvalue weighted by molar-refractivity contribution is 6.14. The second kappa shape index (κ2) is 4.50. The normalized spacial score (nSPS) is 16.9. The first kappa shape index (κ1) is 12.8. The molecule has 2 aliphatic heterocycles. The van der Waals surface area contributed by atoms with Gasteiger partial charge in [0.05, 0.1) is 5.52 Å². The Hall–Kier alpha value is -2.55. The van der Waals surface area contributed by atoms with Gasteiger partial charge in [-0.15, -0.1) is 0 Å². The second-order valence-electron chi connectivity index (χ2n) is 7.12. The third kappa shape index (κ3) is 1.50. The lowest BCUT2D eigenvalue weighted by Crippen LogP contribution is -2.34. The van der Waals surface area contributed by atoms with Crippen LogP contribution < -0.4 is 4.90 Å². The van der Waals surface area contributed by atoms with Crippen LogP contribution in [0.15, 0.2) is 42.7 Å². The second-order valence-corrected chi connectivity index (χ2v) is 7.12. The Balaban J connectivity index is 1.92. The van der Waals surface area contributed by atoms with Crippen molar-refractivity contribution in [1.29, 1.82) is 0 Å². The van der Waals surface area contributed by atoms with Crippen molar-refractivity contribution in [3.05, 3.63) is 53.9 Å². The molecule has 2 aliphatic rings. The van der Waals surface area contributed by atoms with Gasteiger partial charge in [-0.2, -0.15) is 0 Å². The molecule has 3 nitrogen and oxygen atoms in total. The molecule has 0 atom stereocenters. The lowest BCUT2D eigenvalue weighted by molar-refractivity contribution is 0.637. The van der Waals surface area contributed by atoms with E-state index in [4.69, 9.17) is 0 Å². The van der Waals surface area contributed by atoms with Crippen molar-refractivity contribution >= 4 is 33.0 Å². The summed E-state index contributed by atoms with van der Waals surface area (Å²) in [6.45, 7) is 2.44. The molecule has 0 N–H and O–H groups in total. The quantitative estimate of drug-likeness (QED) is 0.450. The van der Waals surface area contributed by atoms with E-state index in [-0.39, 0.29) is 0 Å². The van der Waals surface area contributed by atoms with Gasteiger partial charge in [0.1, 0.15) is 5.65 Å². The van der Waals surface area contributed by atoms with Crippen LogP contribution in [0, 0.1) is 0 Å². The molecule has 6 rings (SSSR count). The summed E-state index contributed by atoms with van der Waals surface area (Å²) < 4.78 is 2.29. The van der Waals surface area contributed by atoms with Gasteiger partial charge in [-0.05, 0) is 48.3 Å². The van der Waals surface area contributed by atoms with Gasteiger partial charge in [-0.1, -0.05) is 24.3 Å². The molecular formula is C21H19N3. The van der Waals surface area contributed by atoms with Gasteiger partial charge in [0.25, 0.3) is 0 Å². The maximum absolute atomic E-state index is 4.65. The number of pyridine rings is 1. The predicted octanol–water partition coefficient (Wildman–Crippen LogP) is 4.34. The van der Waals surface area contributed by atoms with Gasteiger partial charge >= 0.3 is 0 Å². The van der Waals surface area contributed by atoms with Crippen LogP contribution in [0.1, 0.15) is 24.0 Å². The van der Waals surface area contributed by atoms with Crippen LogP contribution in [0.25, 0.3) is 27.3 Å². The molecule has 0 aliphatic carbocycles. The van der Waals surface area contributed by atoms with Crippen LogP contribution in [0.5, 0.6) is 0 Å². The Kier molecular flexibility index (Phi) is 2.41. The van der Waals surface area contributed by atoms with Gasteiger partial charge in [0.15, 0.2) is 0 Å². The summed E-state index contributed by atoms with van der Waals surface area (Å²) in [5.74, 6) is 0. The fourth-order valence-corrected chi connectivity index (χ4v) is 4.93. The highest BCUT2D eigenvalue weighted by Gasteiger charge is 2.27. The number of benzene rings is 2. The summed E-state index contributed by atoms with van der Waals surface area (Å²) in [4.78, 5) is 7.27. The average molecular weight is 313 g/mol. The fourth-order valence-electron chi connectivity index (χ4n) is 4.93. The number of anilines is 1. The molecule has 0 fully saturated rings. The molecule has 0 bridgehead atoms. The highest BCUT2D eigenvalue weighted by atomic mass is 15.1. The minimum Gasteiger partial charge on any atom is -0.371 e. The molecule has 0 saturated heterocycles. The van der Waals surface area contributed by atoms with Crippen LogP contribution in [0.4, 0.5) is 5.69 Å². The zero-order valence-electron chi connectivity index (χ0n) is 13.6. The molecule has 0 amide bonds. The number of aromatic nitrogens is 2. The van der Waals surface area contributed by atoms with E-state index in [0.717, 1.165) is 5.65 Å². The topological polar surface area (TPSA) is 20.5 Å². The van der Waals surface area contributed by atoms with E-state index in [1.807, 2.05) is 6.20 Å². The van der Waals surface area contributed by atoms with Crippen molar-refractivity contribution in [3.63, 3.8) is 0 Å². The number of imidazole rings is 1. The Morgan fingerprint density at radius 3 is 2.71 bits per heavy atom. The lowest BCUT2D eigenvalue weighted by atomic mass is 9.87. The van der Waals surface area contributed by atoms with Crippen LogP contribution in [0.3, 0.4) is 0 Å². The van der Waals surface area contributed by atoms with Crippen molar-refractivity contribution < 1.29 is 0 Å². The van der Waals surface area contributed by atoms with E-state index in [1.165, 1.54) is 66.0 Å². The molecule has 118 valence electrons. The number of hydrogen-bond donors (Lipinski definition) is 0. The van der Waals surface area contributed by atoms with Crippen molar-refractivity contribution in [2.45, 2.75) is 25.7 Å². The number of rotatable bonds is 0. The van der Waals surface area contributed by atoms with Gasteiger partial charge in [-0.3, -0.25) is 4.40 Å². The molecule has 2 aromatic carbocycles. The molecule has 0 radical (unpaired) electrons. The van der Waals surface area contributed by atoms with Crippen LogP contribution in [-0.2, 0) is 12.8 Å². The molecule has 0 spiro atoms.